The van der Waals surface area contributed by atoms with Crippen LogP contribution in [-0.2, 0) is 25.9 Å². The summed E-state index contributed by atoms with van der Waals surface area (Å²) in [5.41, 5.74) is 7.10. The van der Waals surface area contributed by atoms with Crippen molar-refractivity contribution in [2.24, 2.45) is 0 Å². The number of nitrogens with zero attached hydrogens (tertiary/aromatic N) is 2. The zero-order valence-electron chi connectivity index (χ0n) is 24.3. The van der Waals surface area contributed by atoms with Crippen LogP contribution in [0.3, 0.4) is 0 Å². The molecule has 5 nitrogen and oxygen atoms in total. The quantitative estimate of drug-likeness (QED) is 0.143. The fourth-order valence-electron chi connectivity index (χ4n) is 6.50. The van der Waals surface area contributed by atoms with Gasteiger partial charge >= 0.3 is 0 Å². The maximum atomic E-state index is 6.17. The lowest BCUT2D eigenvalue weighted by Gasteiger charge is -2.20. The van der Waals surface area contributed by atoms with Crippen LogP contribution < -0.4 is 5.32 Å². The van der Waals surface area contributed by atoms with E-state index in [9.17, 15) is 0 Å². The largest absolute Gasteiger partial charge is 0.460 e. The lowest BCUT2D eigenvalue weighted by Crippen LogP contribution is -2.23. The van der Waals surface area contributed by atoms with Gasteiger partial charge in [-0.3, -0.25) is 9.88 Å². The molecule has 0 unspecified atom stereocenters. The topological polar surface area (TPSA) is 54.4 Å². The minimum Gasteiger partial charge on any atom is -0.460 e. The highest BCUT2D eigenvalue weighted by Crippen LogP contribution is 2.34. The number of rotatable bonds is 13. The van der Waals surface area contributed by atoms with Crippen LogP contribution in [0.25, 0.3) is 32.8 Å². The minimum absolute atomic E-state index is 0.778. The summed E-state index contributed by atoms with van der Waals surface area (Å²) in [5, 5.41) is 7.40. The van der Waals surface area contributed by atoms with Crippen LogP contribution in [0.2, 0.25) is 0 Å². The summed E-state index contributed by atoms with van der Waals surface area (Å²) in [7, 11) is 0. The van der Waals surface area contributed by atoms with Crippen molar-refractivity contribution >= 4 is 38.5 Å². The summed E-state index contributed by atoms with van der Waals surface area (Å²) in [6, 6.07) is 29.4. The molecular formula is C37H39N3O2. The van der Waals surface area contributed by atoms with E-state index in [1.54, 1.807) is 0 Å². The smallest absolute Gasteiger partial charge is 0.134 e. The van der Waals surface area contributed by atoms with Gasteiger partial charge in [0, 0.05) is 34.1 Å². The average Bonchev–Trinajstić information content (AvgIpc) is 3.75. The Kier molecular flexibility index (Phi) is 7.92. The molecule has 1 N–H and O–H groups in total. The highest BCUT2D eigenvalue weighted by Gasteiger charge is 2.19. The molecule has 3 aromatic carbocycles. The third-order valence-corrected chi connectivity index (χ3v) is 8.58. The van der Waals surface area contributed by atoms with Crippen LogP contribution in [0, 0.1) is 0 Å². The van der Waals surface area contributed by atoms with Gasteiger partial charge in [0.15, 0.2) is 0 Å². The van der Waals surface area contributed by atoms with Crippen LogP contribution in [0.5, 0.6) is 0 Å². The maximum Gasteiger partial charge on any atom is 0.134 e. The minimum atomic E-state index is 0.778. The molecule has 3 aromatic heterocycles. The third kappa shape index (κ3) is 5.93. The number of pyridine rings is 1. The van der Waals surface area contributed by atoms with Gasteiger partial charge in [-0.2, -0.15) is 0 Å². The lowest BCUT2D eigenvalue weighted by molar-refractivity contribution is 0.217. The summed E-state index contributed by atoms with van der Waals surface area (Å²) < 4.78 is 12.3. The maximum absolute atomic E-state index is 6.17. The van der Waals surface area contributed by atoms with Gasteiger partial charge in [0.25, 0.3) is 0 Å². The Labute approximate surface area is 247 Å². The predicted molar refractivity (Wildman–Crippen MR) is 172 cm³/mol. The summed E-state index contributed by atoms with van der Waals surface area (Å²) in [6.07, 6.45) is 9.54. The second-order valence-electron chi connectivity index (χ2n) is 11.7. The van der Waals surface area contributed by atoms with E-state index in [4.69, 9.17) is 13.8 Å². The van der Waals surface area contributed by atoms with Crippen LogP contribution in [0.15, 0.2) is 93.8 Å². The Morgan fingerprint density at radius 3 is 2.07 bits per heavy atom. The number of anilines is 1. The molecular weight excluding hydrogens is 518 g/mol. The van der Waals surface area contributed by atoms with E-state index in [2.05, 4.69) is 70.9 Å². The van der Waals surface area contributed by atoms with Crippen molar-refractivity contribution in [1.29, 1.82) is 0 Å². The number of hydrogen-bond donors (Lipinski definition) is 1. The van der Waals surface area contributed by atoms with Crippen molar-refractivity contribution in [3.05, 3.63) is 108 Å². The number of nitrogens with one attached hydrogen (secondary N) is 1. The van der Waals surface area contributed by atoms with Crippen molar-refractivity contribution < 1.29 is 8.83 Å². The van der Waals surface area contributed by atoms with E-state index >= 15 is 0 Å². The SMILES string of the molecule is c1ccc2oc(CN(CCCCCCCNc3c4c(nc5ccccc35)CCC4)Cc3cc4ccccc4o3)cc2c1. The predicted octanol–water partition coefficient (Wildman–Crippen LogP) is 9.28. The number of benzene rings is 3. The van der Waals surface area contributed by atoms with E-state index in [0.29, 0.717) is 0 Å². The van der Waals surface area contributed by atoms with Crippen LogP contribution in [0.4, 0.5) is 5.69 Å². The molecule has 1 aliphatic rings. The Morgan fingerprint density at radius 1 is 0.690 bits per heavy atom. The molecule has 0 spiro atoms. The third-order valence-electron chi connectivity index (χ3n) is 8.58. The van der Waals surface area contributed by atoms with Gasteiger partial charge in [-0.1, -0.05) is 73.9 Å². The van der Waals surface area contributed by atoms with Crippen molar-refractivity contribution in [3.63, 3.8) is 0 Å². The number of aromatic nitrogens is 1. The molecule has 0 bridgehead atoms. The molecule has 0 fully saturated rings. The molecule has 1 aliphatic carbocycles. The summed E-state index contributed by atoms with van der Waals surface area (Å²) in [6.45, 7) is 3.59. The van der Waals surface area contributed by atoms with Crippen LogP contribution in [0.1, 0.15) is 61.3 Å². The van der Waals surface area contributed by atoms with Crippen molar-refractivity contribution in [2.45, 2.75) is 64.5 Å². The molecule has 0 atom stereocenters. The first-order valence-corrected chi connectivity index (χ1v) is 15.6. The van der Waals surface area contributed by atoms with Gasteiger partial charge in [0.2, 0.25) is 0 Å². The Morgan fingerprint density at radius 2 is 1.33 bits per heavy atom. The number of furan rings is 2. The van der Waals surface area contributed by atoms with Crippen LogP contribution in [-0.4, -0.2) is 23.0 Å². The first-order valence-electron chi connectivity index (χ1n) is 15.6. The molecule has 214 valence electrons. The van der Waals surface area contributed by atoms with Gasteiger partial charge in [0.1, 0.15) is 22.7 Å². The lowest BCUT2D eigenvalue weighted by atomic mass is 10.1. The normalized spacial score (nSPS) is 13.1. The first kappa shape index (κ1) is 26.8. The highest BCUT2D eigenvalue weighted by atomic mass is 16.3. The van der Waals surface area contributed by atoms with Gasteiger partial charge < -0.3 is 14.2 Å². The van der Waals surface area contributed by atoms with Crippen molar-refractivity contribution in [3.8, 4) is 0 Å². The van der Waals surface area contributed by atoms with Gasteiger partial charge in [-0.25, -0.2) is 0 Å². The van der Waals surface area contributed by atoms with E-state index in [1.165, 1.54) is 54.4 Å². The summed E-state index contributed by atoms with van der Waals surface area (Å²) in [4.78, 5) is 7.39. The molecule has 42 heavy (non-hydrogen) atoms. The number of para-hydroxylation sites is 3. The molecule has 0 aliphatic heterocycles. The van der Waals surface area contributed by atoms with Gasteiger partial charge in [0.05, 0.1) is 18.6 Å². The average molecular weight is 558 g/mol. The van der Waals surface area contributed by atoms with E-state index in [-0.39, 0.29) is 0 Å². The molecule has 5 heteroatoms. The fourth-order valence-corrected chi connectivity index (χ4v) is 6.50. The Hall–Kier alpha value is -4.09. The van der Waals surface area contributed by atoms with Crippen molar-refractivity contribution in [2.75, 3.05) is 18.4 Å². The molecule has 3 heterocycles. The molecule has 7 rings (SSSR count). The van der Waals surface area contributed by atoms with Crippen molar-refractivity contribution in [1.82, 2.24) is 9.88 Å². The number of unbranched alkanes of at least 4 members (excludes halogenated alkanes) is 4. The zero-order valence-corrected chi connectivity index (χ0v) is 24.3. The van der Waals surface area contributed by atoms with E-state index < -0.39 is 0 Å². The number of fused-ring (bicyclic) bond motifs is 4. The van der Waals surface area contributed by atoms with E-state index in [1.807, 2.05) is 24.3 Å². The molecule has 6 aromatic rings. The zero-order chi connectivity index (χ0) is 28.1. The first-order chi connectivity index (χ1) is 20.8. The summed E-state index contributed by atoms with van der Waals surface area (Å²) in [5.74, 6) is 2.02. The number of aryl methyl sites for hydroxylation is 1. The Balaban J connectivity index is 0.918. The fraction of sp³-hybridized carbons (Fsp3) is 0.324. The standard InChI is InChI=1S/C37H39N3O2/c1(2-10-21-38-37-31-15-6-7-17-33(31)39-34-18-12-16-32(34)37)3-11-22-40(25-29-23-27-13-4-8-19-35(27)41-29)26-30-24-28-14-5-9-20-36(28)42-30/h4-9,13-15,17,19-20,23-24H,1-3,10-12,16,18,21-22,25-26H2,(H,38,39). The number of hydrogen-bond acceptors (Lipinski definition) is 5. The molecule has 0 saturated heterocycles. The van der Waals surface area contributed by atoms with E-state index in [0.717, 1.165) is 84.4 Å². The monoisotopic (exact) mass is 557 g/mol. The summed E-state index contributed by atoms with van der Waals surface area (Å²) >= 11 is 0. The van der Waals surface area contributed by atoms with Gasteiger partial charge in [-0.15, -0.1) is 0 Å². The molecule has 0 amide bonds. The van der Waals surface area contributed by atoms with Crippen LogP contribution >= 0.6 is 0 Å². The molecule has 0 saturated carbocycles. The Bertz CT molecular complexity index is 1660. The highest BCUT2D eigenvalue weighted by molar-refractivity contribution is 5.93. The molecule has 0 radical (unpaired) electrons. The second-order valence-corrected chi connectivity index (χ2v) is 11.7. The second kappa shape index (κ2) is 12.4. The van der Waals surface area contributed by atoms with Gasteiger partial charge in [-0.05, 0) is 74.5 Å².